The Balaban J connectivity index is 1.50. The quantitative estimate of drug-likeness (QED) is 0.514. The number of aryl methyl sites for hydroxylation is 1. The number of H-pyrrole nitrogens is 1. The minimum Gasteiger partial charge on any atom is -0.467 e. The highest BCUT2D eigenvalue weighted by atomic mass is 16.3. The first-order valence-corrected chi connectivity index (χ1v) is 9.64. The third kappa shape index (κ3) is 2.95. The van der Waals surface area contributed by atoms with E-state index >= 15 is 0 Å². The maximum atomic E-state index is 13.1. The van der Waals surface area contributed by atoms with Crippen LogP contribution in [-0.4, -0.2) is 37.7 Å². The van der Waals surface area contributed by atoms with E-state index in [2.05, 4.69) is 9.97 Å². The summed E-state index contributed by atoms with van der Waals surface area (Å²) < 4.78 is 7.63. The van der Waals surface area contributed by atoms with Crippen molar-refractivity contribution in [1.29, 1.82) is 0 Å². The molecule has 4 heterocycles. The lowest BCUT2D eigenvalue weighted by Gasteiger charge is -2.25. The van der Waals surface area contributed by atoms with Crippen molar-refractivity contribution in [2.24, 2.45) is 0 Å². The van der Waals surface area contributed by atoms with Crippen molar-refractivity contribution in [2.75, 3.05) is 6.54 Å². The average molecular weight is 388 g/mol. The number of hydrogen-bond acceptors (Lipinski definition) is 4. The summed E-state index contributed by atoms with van der Waals surface area (Å²) in [6, 6.07) is 11.0. The van der Waals surface area contributed by atoms with Crippen molar-refractivity contribution < 1.29 is 14.0 Å². The number of hydrogen-bond donors (Lipinski definition) is 1. The van der Waals surface area contributed by atoms with Crippen LogP contribution in [-0.2, 0) is 16.1 Å². The molecule has 3 aromatic heterocycles. The molecule has 1 N–H and O–H groups in total. The van der Waals surface area contributed by atoms with E-state index in [1.54, 1.807) is 29.8 Å². The number of amides is 1. The molecule has 0 spiro atoms. The van der Waals surface area contributed by atoms with Gasteiger partial charge in [-0.15, -0.1) is 0 Å². The fourth-order valence-corrected chi connectivity index (χ4v) is 4.25. The van der Waals surface area contributed by atoms with Crippen molar-refractivity contribution >= 4 is 22.6 Å². The van der Waals surface area contributed by atoms with E-state index in [1.807, 2.05) is 47.3 Å². The van der Waals surface area contributed by atoms with Crippen LogP contribution in [0.3, 0.4) is 0 Å². The normalized spacial score (nSPS) is 19.5. The Hall–Kier alpha value is -3.61. The zero-order valence-electron chi connectivity index (χ0n) is 15.7. The highest BCUT2D eigenvalue weighted by Crippen LogP contribution is 2.44. The van der Waals surface area contributed by atoms with Crippen LogP contribution in [0.15, 0.2) is 72.0 Å². The number of Topliss-reactive ketones (excluding diaryl/α,β-unsaturated/α-hetero) is 1. The number of fused-ring (bicyclic) bond motifs is 1. The molecule has 1 saturated heterocycles. The first kappa shape index (κ1) is 17.5. The molecule has 146 valence electrons. The van der Waals surface area contributed by atoms with Gasteiger partial charge in [0.15, 0.2) is 0 Å². The van der Waals surface area contributed by atoms with Gasteiger partial charge in [-0.3, -0.25) is 9.59 Å². The summed E-state index contributed by atoms with van der Waals surface area (Å²) in [5.74, 6) is -0.814. The Morgan fingerprint density at radius 1 is 1.10 bits per heavy atom. The highest BCUT2D eigenvalue weighted by molar-refractivity contribution is 6.40. The maximum Gasteiger partial charge on any atom is 0.291 e. The molecule has 0 aliphatic carbocycles. The fourth-order valence-electron chi connectivity index (χ4n) is 4.25. The average Bonchev–Trinajstić information content (AvgIpc) is 3.52. The summed E-state index contributed by atoms with van der Waals surface area (Å²) in [5.41, 5.74) is 1.77. The van der Waals surface area contributed by atoms with Gasteiger partial charge in [-0.1, -0.05) is 18.2 Å². The molecule has 1 aromatic carbocycles. The Labute approximate surface area is 167 Å². The van der Waals surface area contributed by atoms with Crippen LogP contribution in [0, 0.1) is 0 Å². The molecule has 7 heteroatoms. The Bertz CT molecular complexity index is 1140. The molecule has 1 fully saturated rings. The van der Waals surface area contributed by atoms with Gasteiger partial charge in [0.05, 0.1) is 18.5 Å². The first-order chi connectivity index (χ1) is 14.2. The molecule has 1 amide bonds. The second kappa shape index (κ2) is 7.09. The number of imidazole rings is 1. The van der Waals surface area contributed by atoms with Crippen molar-refractivity contribution in [3.05, 3.63) is 78.9 Å². The van der Waals surface area contributed by atoms with Gasteiger partial charge < -0.3 is 18.9 Å². The third-order valence-electron chi connectivity index (χ3n) is 5.57. The predicted molar refractivity (Wildman–Crippen MR) is 106 cm³/mol. The first-order valence-electron chi connectivity index (χ1n) is 9.64. The van der Waals surface area contributed by atoms with Gasteiger partial charge in [0.1, 0.15) is 11.8 Å². The fraction of sp³-hybridized carbons (Fsp3) is 0.227. The number of likely N-dealkylation sites (tertiary alicyclic amines) is 1. The number of nitrogens with zero attached hydrogens (tertiary/aromatic N) is 3. The summed E-state index contributed by atoms with van der Waals surface area (Å²) in [6.45, 7) is 1.19. The number of carbonyl (C=O) groups excluding carboxylic acids is 2. The molecular formula is C22H20N4O3. The van der Waals surface area contributed by atoms with E-state index in [1.165, 1.54) is 0 Å². The van der Waals surface area contributed by atoms with Gasteiger partial charge in [0, 0.05) is 42.6 Å². The van der Waals surface area contributed by atoms with Crippen molar-refractivity contribution in [3.8, 4) is 0 Å². The standard InChI is InChI=1S/C22H20N4O3/c27-21-19(16-13-24-17-6-2-1-5-15(16)17)20(18-7-3-12-29-18)26(22(21)28)10-4-9-25-11-8-23-14-25/h1-3,5-8,11-14,19-20,24H,4,9-10H2. The zero-order valence-corrected chi connectivity index (χ0v) is 15.7. The van der Waals surface area contributed by atoms with Crippen LogP contribution in [0.1, 0.15) is 29.7 Å². The highest BCUT2D eigenvalue weighted by Gasteiger charge is 2.50. The number of nitrogens with one attached hydrogen (secondary N) is 1. The number of aromatic amines is 1. The number of carbonyl (C=O) groups is 2. The van der Waals surface area contributed by atoms with Crippen LogP contribution in [0.5, 0.6) is 0 Å². The topological polar surface area (TPSA) is 84.1 Å². The zero-order chi connectivity index (χ0) is 19.8. The van der Waals surface area contributed by atoms with E-state index in [4.69, 9.17) is 4.42 Å². The van der Waals surface area contributed by atoms with E-state index < -0.39 is 23.7 Å². The summed E-state index contributed by atoms with van der Waals surface area (Å²) in [6.07, 6.45) is 9.49. The Kier molecular flexibility index (Phi) is 4.27. The van der Waals surface area contributed by atoms with Crippen LogP contribution in [0.4, 0.5) is 0 Å². The van der Waals surface area contributed by atoms with Crippen LogP contribution in [0.2, 0.25) is 0 Å². The lowest BCUT2D eigenvalue weighted by atomic mass is 9.89. The molecule has 7 nitrogen and oxygen atoms in total. The summed E-state index contributed by atoms with van der Waals surface area (Å²) in [7, 11) is 0. The van der Waals surface area contributed by atoms with Gasteiger partial charge in [0.25, 0.3) is 5.91 Å². The number of para-hydroxylation sites is 1. The number of furan rings is 1. The van der Waals surface area contributed by atoms with E-state index in [9.17, 15) is 9.59 Å². The van der Waals surface area contributed by atoms with Crippen molar-refractivity contribution in [3.63, 3.8) is 0 Å². The summed E-state index contributed by atoms with van der Waals surface area (Å²) >= 11 is 0. The second-order valence-corrected chi connectivity index (χ2v) is 7.24. The molecule has 0 saturated carbocycles. The lowest BCUT2D eigenvalue weighted by Crippen LogP contribution is -2.31. The minimum absolute atomic E-state index is 0.390. The Morgan fingerprint density at radius 2 is 2.00 bits per heavy atom. The second-order valence-electron chi connectivity index (χ2n) is 7.24. The number of ketones is 1. The molecule has 5 rings (SSSR count). The SMILES string of the molecule is O=C1C(=O)N(CCCn2ccnc2)C(c2ccco2)C1c1c[nH]c2ccccc12. The van der Waals surface area contributed by atoms with Crippen LogP contribution in [0.25, 0.3) is 10.9 Å². The van der Waals surface area contributed by atoms with E-state index in [0.717, 1.165) is 23.0 Å². The van der Waals surface area contributed by atoms with Crippen molar-refractivity contribution in [2.45, 2.75) is 24.9 Å². The van der Waals surface area contributed by atoms with Crippen LogP contribution < -0.4 is 0 Å². The van der Waals surface area contributed by atoms with E-state index in [-0.39, 0.29) is 0 Å². The third-order valence-corrected chi connectivity index (χ3v) is 5.57. The minimum atomic E-state index is -0.599. The van der Waals surface area contributed by atoms with Gasteiger partial charge in [-0.25, -0.2) is 4.98 Å². The van der Waals surface area contributed by atoms with Gasteiger partial charge in [0.2, 0.25) is 5.78 Å². The smallest absolute Gasteiger partial charge is 0.291 e. The number of benzene rings is 1. The molecule has 29 heavy (non-hydrogen) atoms. The molecule has 1 aliphatic heterocycles. The number of aromatic nitrogens is 3. The molecule has 1 aliphatic rings. The summed E-state index contributed by atoms with van der Waals surface area (Å²) in [4.78, 5) is 35.0. The molecule has 4 aromatic rings. The molecule has 2 unspecified atom stereocenters. The molecule has 0 radical (unpaired) electrons. The maximum absolute atomic E-state index is 13.1. The predicted octanol–water partition coefficient (Wildman–Crippen LogP) is 3.28. The van der Waals surface area contributed by atoms with Gasteiger partial charge in [-0.2, -0.15) is 0 Å². The van der Waals surface area contributed by atoms with Crippen LogP contribution >= 0.6 is 0 Å². The van der Waals surface area contributed by atoms with Crippen molar-refractivity contribution in [1.82, 2.24) is 19.4 Å². The lowest BCUT2D eigenvalue weighted by molar-refractivity contribution is -0.140. The largest absolute Gasteiger partial charge is 0.467 e. The Morgan fingerprint density at radius 3 is 2.79 bits per heavy atom. The monoisotopic (exact) mass is 388 g/mol. The number of rotatable bonds is 6. The summed E-state index contributed by atoms with van der Waals surface area (Å²) in [5, 5.41) is 0.954. The molecule has 0 bridgehead atoms. The van der Waals surface area contributed by atoms with Gasteiger partial charge in [-0.05, 0) is 30.2 Å². The molecule has 2 atom stereocenters. The van der Waals surface area contributed by atoms with E-state index in [0.29, 0.717) is 18.7 Å². The van der Waals surface area contributed by atoms with Gasteiger partial charge >= 0.3 is 0 Å². The molecular weight excluding hydrogens is 368 g/mol.